The van der Waals surface area contributed by atoms with Crippen LogP contribution in [0.4, 0.5) is 5.69 Å². The quantitative estimate of drug-likeness (QED) is 0.625. The second-order valence-corrected chi connectivity index (χ2v) is 5.75. The molecule has 8 heteroatoms. The highest BCUT2D eigenvalue weighted by atomic mass is 16.1. The van der Waals surface area contributed by atoms with Gasteiger partial charge in [0.05, 0.1) is 23.8 Å². The van der Waals surface area contributed by atoms with Gasteiger partial charge in [-0.2, -0.15) is 5.10 Å². The molecule has 24 heavy (non-hydrogen) atoms. The van der Waals surface area contributed by atoms with Gasteiger partial charge in [0.25, 0.3) is 5.91 Å². The molecule has 0 spiro atoms. The number of rotatable bonds is 3. The molecule has 120 valence electrons. The smallest absolute Gasteiger partial charge is 0.257 e. The van der Waals surface area contributed by atoms with E-state index >= 15 is 0 Å². The normalized spacial score (nSPS) is 11.5. The predicted octanol–water partition coefficient (Wildman–Crippen LogP) is 2.31. The summed E-state index contributed by atoms with van der Waals surface area (Å²) in [7, 11) is 0. The molecule has 0 aromatic carbocycles. The van der Waals surface area contributed by atoms with Crippen LogP contribution in [0.25, 0.3) is 16.8 Å². The fourth-order valence-corrected chi connectivity index (χ4v) is 2.52. The van der Waals surface area contributed by atoms with Crippen molar-refractivity contribution >= 4 is 28.4 Å². The molecule has 8 nitrogen and oxygen atoms in total. The molecule has 0 bridgehead atoms. The molecule has 1 amide bonds. The third-order valence-corrected chi connectivity index (χ3v) is 3.76. The number of carbonyl (C=O) groups is 1. The average Bonchev–Trinajstić information content (AvgIpc) is 3.20. The number of aromatic nitrogens is 6. The molecule has 0 aliphatic carbocycles. The highest BCUT2D eigenvalue weighted by Gasteiger charge is 2.12. The summed E-state index contributed by atoms with van der Waals surface area (Å²) in [4.78, 5) is 25.2. The number of nitrogens with one attached hydrogen (secondary N) is 1. The van der Waals surface area contributed by atoms with E-state index in [0.717, 1.165) is 11.3 Å². The Morgan fingerprint density at radius 3 is 2.92 bits per heavy atom. The molecule has 4 aromatic heterocycles. The Bertz CT molecular complexity index is 1050. The number of nitrogens with zero attached hydrogens (tertiary/aromatic N) is 6. The Hall–Kier alpha value is -3.29. The van der Waals surface area contributed by atoms with Gasteiger partial charge >= 0.3 is 0 Å². The van der Waals surface area contributed by atoms with Gasteiger partial charge in [-0.1, -0.05) is 0 Å². The van der Waals surface area contributed by atoms with E-state index in [-0.39, 0.29) is 11.9 Å². The zero-order valence-corrected chi connectivity index (χ0v) is 13.2. The van der Waals surface area contributed by atoms with E-state index in [2.05, 4.69) is 39.2 Å². The fraction of sp³-hybridized carbons (Fsp3) is 0.188. The van der Waals surface area contributed by atoms with Gasteiger partial charge in [0.2, 0.25) is 0 Å². The number of fused-ring (bicyclic) bond motifs is 2. The molecule has 4 aromatic rings. The minimum atomic E-state index is -0.247. The molecule has 0 unspecified atom stereocenters. The maximum absolute atomic E-state index is 12.4. The maximum atomic E-state index is 12.4. The monoisotopic (exact) mass is 321 g/mol. The van der Waals surface area contributed by atoms with Crippen LogP contribution in [-0.4, -0.2) is 35.0 Å². The van der Waals surface area contributed by atoms with Crippen LogP contribution in [0.3, 0.4) is 0 Å². The maximum Gasteiger partial charge on any atom is 0.257 e. The summed E-state index contributed by atoms with van der Waals surface area (Å²) in [5.41, 5.74) is 3.27. The summed E-state index contributed by atoms with van der Waals surface area (Å²) in [6, 6.07) is 5.57. The van der Waals surface area contributed by atoms with E-state index in [1.54, 1.807) is 41.4 Å². The molecular weight excluding hydrogens is 306 g/mol. The van der Waals surface area contributed by atoms with Gasteiger partial charge in [-0.25, -0.2) is 19.5 Å². The Morgan fingerprint density at radius 1 is 1.21 bits per heavy atom. The lowest BCUT2D eigenvalue weighted by Gasteiger charge is -2.08. The van der Waals surface area contributed by atoms with Crippen molar-refractivity contribution in [3.63, 3.8) is 0 Å². The SMILES string of the molecule is CC(C)n1cnc2cc(C(=O)Nc3ccc4ncnn4c3)cnc21. The van der Waals surface area contributed by atoms with E-state index in [1.165, 1.54) is 6.33 Å². The molecule has 0 saturated carbocycles. The average molecular weight is 321 g/mol. The lowest BCUT2D eigenvalue weighted by molar-refractivity contribution is 0.102. The van der Waals surface area contributed by atoms with Crippen molar-refractivity contribution in [1.29, 1.82) is 0 Å². The van der Waals surface area contributed by atoms with Gasteiger partial charge in [-0.15, -0.1) is 0 Å². The topological polar surface area (TPSA) is 90.0 Å². The van der Waals surface area contributed by atoms with Gasteiger partial charge < -0.3 is 9.88 Å². The van der Waals surface area contributed by atoms with Crippen LogP contribution in [0.2, 0.25) is 0 Å². The van der Waals surface area contributed by atoms with Crippen molar-refractivity contribution in [1.82, 2.24) is 29.1 Å². The number of hydrogen-bond donors (Lipinski definition) is 1. The lowest BCUT2D eigenvalue weighted by Crippen LogP contribution is -2.13. The highest BCUT2D eigenvalue weighted by Crippen LogP contribution is 2.17. The van der Waals surface area contributed by atoms with Crippen LogP contribution >= 0.6 is 0 Å². The van der Waals surface area contributed by atoms with Crippen LogP contribution in [0.1, 0.15) is 30.2 Å². The third-order valence-electron chi connectivity index (χ3n) is 3.76. The van der Waals surface area contributed by atoms with E-state index in [1.807, 2.05) is 4.57 Å². The van der Waals surface area contributed by atoms with Crippen molar-refractivity contribution in [2.45, 2.75) is 19.9 Å². The van der Waals surface area contributed by atoms with Crippen LogP contribution in [0.15, 0.2) is 43.2 Å². The first-order chi connectivity index (χ1) is 11.6. The minimum Gasteiger partial charge on any atom is -0.321 e. The second kappa shape index (κ2) is 5.41. The number of hydrogen-bond acceptors (Lipinski definition) is 5. The van der Waals surface area contributed by atoms with Crippen molar-refractivity contribution in [2.24, 2.45) is 0 Å². The molecule has 0 fully saturated rings. The Labute approximate surface area is 137 Å². The van der Waals surface area contributed by atoms with Crippen LogP contribution in [-0.2, 0) is 0 Å². The first-order valence-electron chi connectivity index (χ1n) is 7.55. The van der Waals surface area contributed by atoms with Crippen molar-refractivity contribution < 1.29 is 4.79 Å². The van der Waals surface area contributed by atoms with Gasteiger partial charge in [0.15, 0.2) is 11.3 Å². The van der Waals surface area contributed by atoms with E-state index in [0.29, 0.717) is 16.8 Å². The zero-order chi connectivity index (χ0) is 16.7. The Kier molecular flexibility index (Phi) is 3.23. The molecule has 0 radical (unpaired) electrons. The standard InChI is InChI=1S/C16H15N7O/c1-10(2)22-9-19-13-5-11(6-17-15(13)22)16(24)21-12-3-4-14-18-8-20-23(14)7-12/h3-10H,1-2H3,(H,21,24). The lowest BCUT2D eigenvalue weighted by atomic mass is 10.2. The molecule has 0 aliphatic heterocycles. The zero-order valence-electron chi connectivity index (χ0n) is 13.2. The summed E-state index contributed by atoms with van der Waals surface area (Å²) in [5, 5.41) is 6.88. The molecular formula is C16H15N7O. The van der Waals surface area contributed by atoms with Crippen LogP contribution < -0.4 is 5.32 Å². The Balaban J connectivity index is 1.62. The molecule has 0 atom stereocenters. The minimum absolute atomic E-state index is 0.247. The van der Waals surface area contributed by atoms with Crippen molar-refractivity contribution in [2.75, 3.05) is 5.32 Å². The van der Waals surface area contributed by atoms with Gasteiger partial charge in [0, 0.05) is 12.2 Å². The summed E-state index contributed by atoms with van der Waals surface area (Å²) < 4.78 is 3.57. The Morgan fingerprint density at radius 2 is 2.08 bits per heavy atom. The predicted molar refractivity (Wildman–Crippen MR) is 88.9 cm³/mol. The first kappa shape index (κ1) is 14.3. The number of pyridine rings is 2. The number of imidazole rings is 1. The molecule has 0 saturated heterocycles. The first-order valence-corrected chi connectivity index (χ1v) is 7.55. The van der Waals surface area contributed by atoms with E-state index in [9.17, 15) is 4.79 Å². The largest absolute Gasteiger partial charge is 0.321 e. The second-order valence-electron chi connectivity index (χ2n) is 5.75. The summed E-state index contributed by atoms with van der Waals surface area (Å²) in [6.45, 7) is 4.12. The van der Waals surface area contributed by atoms with E-state index in [4.69, 9.17) is 0 Å². The van der Waals surface area contributed by atoms with Crippen molar-refractivity contribution in [3.8, 4) is 0 Å². The number of carbonyl (C=O) groups excluding carboxylic acids is 1. The molecule has 4 heterocycles. The van der Waals surface area contributed by atoms with Crippen LogP contribution in [0.5, 0.6) is 0 Å². The number of amides is 1. The molecule has 4 rings (SSSR count). The van der Waals surface area contributed by atoms with Gasteiger partial charge in [-0.05, 0) is 32.0 Å². The van der Waals surface area contributed by atoms with Gasteiger partial charge in [0.1, 0.15) is 11.8 Å². The molecule has 1 N–H and O–H groups in total. The fourth-order valence-electron chi connectivity index (χ4n) is 2.52. The van der Waals surface area contributed by atoms with Crippen LogP contribution in [0, 0.1) is 0 Å². The third kappa shape index (κ3) is 2.37. The van der Waals surface area contributed by atoms with Gasteiger partial charge in [-0.3, -0.25) is 4.79 Å². The van der Waals surface area contributed by atoms with Crippen molar-refractivity contribution in [3.05, 3.63) is 48.8 Å². The number of anilines is 1. The summed E-state index contributed by atoms with van der Waals surface area (Å²) in [5.74, 6) is -0.247. The molecule has 0 aliphatic rings. The van der Waals surface area contributed by atoms with E-state index < -0.39 is 0 Å². The highest BCUT2D eigenvalue weighted by molar-refractivity contribution is 6.05. The summed E-state index contributed by atoms with van der Waals surface area (Å²) in [6.07, 6.45) is 6.47. The summed E-state index contributed by atoms with van der Waals surface area (Å²) >= 11 is 0.